The molecule has 2 aromatic carbocycles. The second-order valence-electron chi connectivity index (χ2n) is 9.94. The molecule has 0 bridgehead atoms. The Kier molecular flexibility index (Phi) is 7.24. The van der Waals surface area contributed by atoms with Gasteiger partial charge in [0.1, 0.15) is 16.9 Å². The van der Waals surface area contributed by atoms with Crippen molar-refractivity contribution in [2.75, 3.05) is 7.11 Å². The number of carbonyl (C=O) groups is 1. The van der Waals surface area contributed by atoms with Gasteiger partial charge >= 0.3 is 5.97 Å². The number of hydrogen-bond acceptors (Lipinski definition) is 5. The summed E-state index contributed by atoms with van der Waals surface area (Å²) < 4.78 is 15.4. The summed E-state index contributed by atoms with van der Waals surface area (Å²) in [6.45, 7) is 10.3. The molecule has 0 saturated carbocycles. The number of esters is 1. The molecule has 0 fully saturated rings. The Labute approximate surface area is 228 Å². The lowest BCUT2D eigenvalue weighted by molar-refractivity contribution is 0.0377. The van der Waals surface area contributed by atoms with Gasteiger partial charge < -0.3 is 18.6 Å². The van der Waals surface area contributed by atoms with Gasteiger partial charge in [0.15, 0.2) is 5.82 Å². The lowest BCUT2D eigenvalue weighted by Gasteiger charge is -2.14. The summed E-state index contributed by atoms with van der Waals surface area (Å²) in [6.07, 6.45) is 3.35. The summed E-state index contributed by atoms with van der Waals surface area (Å²) in [5, 5.41) is 1.05. The van der Waals surface area contributed by atoms with Gasteiger partial charge in [-0.25, -0.2) is 14.8 Å². The van der Waals surface area contributed by atoms with E-state index in [9.17, 15) is 4.79 Å². The minimum absolute atomic E-state index is 0.223. The van der Waals surface area contributed by atoms with E-state index in [0.29, 0.717) is 23.4 Å². The zero-order chi connectivity index (χ0) is 27.7. The number of methoxy groups -OCH3 is 1. The molecule has 7 nitrogen and oxygen atoms in total. The van der Waals surface area contributed by atoms with Crippen LogP contribution in [0, 0.1) is 0 Å². The fourth-order valence-corrected chi connectivity index (χ4v) is 5.04. The van der Waals surface area contributed by atoms with Crippen LogP contribution >= 0.6 is 0 Å². The third-order valence-corrected chi connectivity index (χ3v) is 6.94. The SMILES string of the molecule is C=CCc1ccccc1Cn1c(-c2nc3cc(C(=O)OC(C)C)cc(OC)c3n2C)cc2ccc(CC)nc21. The molecule has 0 spiro atoms. The van der Waals surface area contributed by atoms with E-state index < -0.39 is 5.97 Å². The Morgan fingerprint density at radius 2 is 1.85 bits per heavy atom. The first-order valence-electron chi connectivity index (χ1n) is 13.3. The molecule has 0 amide bonds. The monoisotopic (exact) mass is 522 g/mol. The van der Waals surface area contributed by atoms with Crippen LogP contribution in [0.3, 0.4) is 0 Å². The van der Waals surface area contributed by atoms with Crippen LogP contribution in [-0.4, -0.2) is 38.3 Å². The van der Waals surface area contributed by atoms with E-state index in [0.717, 1.165) is 46.6 Å². The highest BCUT2D eigenvalue weighted by Crippen LogP contribution is 2.35. The van der Waals surface area contributed by atoms with Crippen LogP contribution in [0.4, 0.5) is 0 Å². The summed E-state index contributed by atoms with van der Waals surface area (Å²) in [4.78, 5) is 22.8. The van der Waals surface area contributed by atoms with Crippen LogP contribution < -0.4 is 4.74 Å². The number of imidazole rings is 1. The molecule has 0 unspecified atom stereocenters. The Bertz CT molecular complexity index is 1690. The normalized spacial score (nSPS) is 11.4. The van der Waals surface area contributed by atoms with E-state index in [-0.39, 0.29) is 6.10 Å². The van der Waals surface area contributed by atoms with Gasteiger partial charge in [0.2, 0.25) is 0 Å². The maximum Gasteiger partial charge on any atom is 0.338 e. The number of ether oxygens (including phenoxy) is 2. The Balaban J connectivity index is 1.73. The van der Waals surface area contributed by atoms with Gasteiger partial charge in [-0.1, -0.05) is 37.3 Å². The first-order valence-corrected chi connectivity index (χ1v) is 13.3. The van der Waals surface area contributed by atoms with Gasteiger partial charge in [-0.15, -0.1) is 6.58 Å². The number of pyridine rings is 1. The third-order valence-electron chi connectivity index (χ3n) is 6.94. The molecule has 0 N–H and O–H groups in total. The van der Waals surface area contributed by atoms with Gasteiger partial charge in [0.25, 0.3) is 0 Å². The molecular weight excluding hydrogens is 488 g/mol. The van der Waals surface area contributed by atoms with E-state index in [1.54, 1.807) is 19.2 Å². The van der Waals surface area contributed by atoms with Crippen LogP contribution in [0.5, 0.6) is 5.75 Å². The van der Waals surface area contributed by atoms with E-state index in [1.165, 1.54) is 11.1 Å². The van der Waals surface area contributed by atoms with Crippen molar-refractivity contribution in [1.29, 1.82) is 0 Å². The van der Waals surface area contributed by atoms with Crippen LogP contribution in [-0.2, 0) is 31.2 Å². The molecule has 7 heteroatoms. The highest BCUT2D eigenvalue weighted by molar-refractivity contribution is 5.97. The lowest BCUT2D eigenvalue weighted by Crippen LogP contribution is -2.11. The molecule has 200 valence electrons. The Morgan fingerprint density at radius 1 is 1.08 bits per heavy atom. The number of carbonyl (C=O) groups excluding carboxylic acids is 1. The van der Waals surface area contributed by atoms with Crippen molar-refractivity contribution in [3.05, 3.63) is 89.6 Å². The minimum Gasteiger partial charge on any atom is -0.494 e. The second kappa shape index (κ2) is 10.8. The molecule has 0 atom stereocenters. The van der Waals surface area contributed by atoms with Crippen molar-refractivity contribution >= 4 is 28.0 Å². The fraction of sp³-hybridized carbons (Fsp3) is 0.281. The maximum atomic E-state index is 12.7. The molecule has 0 saturated heterocycles. The average molecular weight is 523 g/mol. The smallest absolute Gasteiger partial charge is 0.338 e. The van der Waals surface area contributed by atoms with E-state index >= 15 is 0 Å². The highest BCUT2D eigenvalue weighted by Gasteiger charge is 2.22. The molecule has 3 aromatic heterocycles. The molecule has 0 aliphatic heterocycles. The largest absolute Gasteiger partial charge is 0.494 e. The predicted octanol–water partition coefficient (Wildman–Crippen LogP) is 6.50. The Hall–Kier alpha value is -4.39. The van der Waals surface area contributed by atoms with Crippen LogP contribution in [0.2, 0.25) is 0 Å². The van der Waals surface area contributed by atoms with E-state index in [1.807, 2.05) is 31.5 Å². The third kappa shape index (κ3) is 4.92. The number of hydrogen-bond donors (Lipinski definition) is 0. The van der Waals surface area contributed by atoms with Crippen LogP contribution in [0.25, 0.3) is 33.6 Å². The quantitative estimate of drug-likeness (QED) is 0.163. The van der Waals surface area contributed by atoms with Crippen molar-refractivity contribution in [3.8, 4) is 17.3 Å². The zero-order valence-electron chi connectivity index (χ0n) is 23.2. The Morgan fingerprint density at radius 3 is 2.54 bits per heavy atom. The van der Waals surface area contributed by atoms with E-state index in [4.69, 9.17) is 19.4 Å². The standard InChI is InChI=1S/C32H34N4O3/c1-7-11-21-12-9-10-13-23(21)19-36-27(17-22-14-15-25(8-2)33-30(22)36)31-34-26-16-24(32(37)39-20(3)4)18-28(38-6)29(26)35(31)5/h7,9-10,12-18,20H,1,8,11,19H2,2-6H3. The number of allylic oxidation sites excluding steroid dienone is 1. The summed E-state index contributed by atoms with van der Waals surface area (Å²) in [7, 11) is 3.57. The first kappa shape index (κ1) is 26.2. The molecule has 5 aromatic rings. The maximum absolute atomic E-state index is 12.7. The van der Waals surface area contributed by atoms with Crippen molar-refractivity contribution < 1.29 is 14.3 Å². The summed E-state index contributed by atoms with van der Waals surface area (Å²) in [5.41, 5.74) is 7.19. The van der Waals surface area contributed by atoms with E-state index in [2.05, 4.69) is 60.5 Å². The summed E-state index contributed by atoms with van der Waals surface area (Å²) >= 11 is 0. The molecule has 3 heterocycles. The molecule has 0 aliphatic carbocycles. The minimum atomic E-state index is -0.401. The topological polar surface area (TPSA) is 71.2 Å². The first-order chi connectivity index (χ1) is 18.8. The van der Waals surface area contributed by atoms with Crippen LogP contribution in [0.15, 0.2) is 67.3 Å². The summed E-state index contributed by atoms with van der Waals surface area (Å²) in [6, 6.07) is 18.3. The summed E-state index contributed by atoms with van der Waals surface area (Å²) in [5.74, 6) is 0.923. The van der Waals surface area contributed by atoms with Gasteiger partial charge in [-0.2, -0.15) is 0 Å². The van der Waals surface area contributed by atoms with Crippen molar-refractivity contribution in [2.24, 2.45) is 7.05 Å². The molecular formula is C32H34N4O3. The average Bonchev–Trinajstić information content (AvgIpc) is 3.45. The number of rotatable bonds is 9. The number of aryl methyl sites for hydroxylation is 2. The molecule has 0 aliphatic rings. The van der Waals surface area contributed by atoms with Gasteiger partial charge in [0.05, 0.1) is 36.5 Å². The highest BCUT2D eigenvalue weighted by atomic mass is 16.5. The zero-order valence-corrected chi connectivity index (χ0v) is 23.2. The number of nitrogens with zero attached hydrogens (tertiary/aromatic N) is 4. The van der Waals surface area contributed by atoms with Gasteiger partial charge in [0, 0.05) is 18.1 Å². The second-order valence-corrected chi connectivity index (χ2v) is 9.94. The van der Waals surface area contributed by atoms with Crippen LogP contribution in [0.1, 0.15) is 48.0 Å². The molecule has 39 heavy (non-hydrogen) atoms. The number of fused-ring (bicyclic) bond motifs is 2. The number of aromatic nitrogens is 4. The molecule has 0 radical (unpaired) electrons. The number of benzene rings is 2. The molecule has 5 rings (SSSR count). The van der Waals surface area contributed by atoms with Gasteiger partial charge in [-0.3, -0.25) is 0 Å². The van der Waals surface area contributed by atoms with Crippen molar-refractivity contribution in [3.63, 3.8) is 0 Å². The van der Waals surface area contributed by atoms with Crippen molar-refractivity contribution in [1.82, 2.24) is 19.1 Å². The fourth-order valence-electron chi connectivity index (χ4n) is 5.04. The lowest BCUT2D eigenvalue weighted by atomic mass is 10.0. The predicted molar refractivity (Wildman–Crippen MR) is 155 cm³/mol. The van der Waals surface area contributed by atoms with Crippen molar-refractivity contribution in [2.45, 2.75) is 46.3 Å². The van der Waals surface area contributed by atoms with Gasteiger partial charge in [-0.05, 0) is 68.1 Å².